The predicted octanol–water partition coefficient (Wildman–Crippen LogP) is 2.36. The van der Waals surface area contributed by atoms with Crippen molar-refractivity contribution in [1.29, 1.82) is 5.26 Å². The number of fused-ring (bicyclic) bond motifs is 1. The first-order valence-corrected chi connectivity index (χ1v) is 8.08. The molecule has 3 rings (SSSR count). The van der Waals surface area contributed by atoms with Gasteiger partial charge in [0.15, 0.2) is 0 Å². The molecule has 104 valence electrons. The Morgan fingerprint density at radius 1 is 1.24 bits per heavy atom. The third kappa shape index (κ3) is 2.56. The van der Waals surface area contributed by atoms with Gasteiger partial charge in [-0.1, -0.05) is 18.2 Å². The molecule has 0 aliphatic rings. The topological polar surface area (TPSA) is 95.7 Å². The van der Waals surface area contributed by atoms with Crippen LogP contribution >= 0.6 is 11.5 Å². The van der Waals surface area contributed by atoms with E-state index in [-0.39, 0.29) is 10.0 Å². The molecule has 1 N–H and O–H groups in total. The zero-order chi connectivity index (χ0) is 14.9. The van der Waals surface area contributed by atoms with Crippen LogP contribution in [0.2, 0.25) is 0 Å². The lowest BCUT2D eigenvalue weighted by molar-refractivity contribution is 0.601. The largest absolute Gasteiger partial charge is 0.263 e. The average Bonchev–Trinajstić information content (AvgIpc) is 2.98. The molecule has 2 aromatic carbocycles. The minimum absolute atomic E-state index is 0.111. The standard InChI is InChI=1S/C13H8N4O2S2/c14-7-10-3-1-2-9-6-11(4-5-12(9)10)21(18,19)17-13-15-8-16-20-13/h1-6,8H,(H,15,16,17). The first-order valence-electron chi connectivity index (χ1n) is 5.82. The molecule has 6 nitrogen and oxygen atoms in total. The third-order valence-corrected chi connectivity index (χ3v) is 4.91. The first-order chi connectivity index (χ1) is 10.1. The molecular weight excluding hydrogens is 308 g/mol. The van der Waals surface area contributed by atoms with Crippen LogP contribution < -0.4 is 4.72 Å². The van der Waals surface area contributed by atoms with Crippen LogP contribution in [0.5, 0.6) is 0 Å². The van der Waals surface area contributed by atoms with Gasteiger partial charge in [-0.05, 0) is 29.0 Å². The van der Waals surface area contributed by atoms with Crippen molar-refractivity contribution in [2.75, 3.05) is 4.72 Å². The highest BCUT2D eigenvalue weighted by atomic mass is 32.2. The van der Waals surface area contributed by atoms with Gasteiger partial charge in [-0.2, -0.15) is 9.64 Å². The van der Waals surface area contributed by atoms with Crippen LogP contribution in [0.25, 0.3) is 10.8 Å². The number of benzene rings is 2. The summed E-state index contributed by atoms with van der Waals surface area (Å²) in [5.41, 5.74) is 0.508. The first kappa shape index (κ1) is 13.5. The van der Waals surface area contributed by atoms with E-state index in [0.29, 0.717) is 10.9 Å². The Bertz CT molecular complexity index is 944. The van der Waals surface area contributed by atoms with Crippen LogP contribution in [0.4, 0.5) is 5.13 Å². The maximum atomic E-state index is 12.3. The summed E-state index contributed by atoms with van der Waals surface area (Å²) < 4.78 is 30.6. The number of nitrogens with one attached hydrogen (secondary N) is 1. The van der Waals surface area contributed by atoms with E-state index >= 15 is 0 Å². The molecule has 0 saturated heterocycles. The van der Waals surface area contributed by atoms with Gasteiger partial charge in [0.25, 0.3) is 10.0 Å². The fourth-order valence-corrected chi connectivity index (χ4v) is 3.61. The number of nitrogens with zero attached hydrogens (tertiary/aromatic N) is 3. The monoisotopic (exact) mass is 316 g/mol. The van der Waals surface area contributed by atoms with E-state index in [1.165, 1.54) is 18.5 Å². The second-order valence-corrected chi connectivity index (χ2v) is 6.61. The number of anilines is 1. The smallest absolute Gasteiger partial charge is 0.253 e. The number of rotatable bonds is 3. The van der Waals surface area contributed by atoms with E-state index in [1.807, 2.05) is 0 Å². The Balaban J connectivity index is 2.07. The molecule has 0 aliphatic heterocycles. The average molecular weight is 316 g/mol. The molecular formula is C13H8N4O2S2. The molecule has 0 atom stereocenters. The molecule has 0 radical (unpaired) electrons. The van der Waals surface area contributed by atoms with E-state index in [0.717, 1.165) is 16.9 Å². The molecule has 0 bridgehead atoms. The van der Waals surface area contributed by atoms with Crippen LogP contribution in [0, 0.1) is 11.3 Å². The van der Waals surface area contributed by atoms with Crippen molar-refractivity contribution < 1.29 is 8.42 Å². The van der Waals surface area contributed by atoms with Gasteiger partial charge in [-0.15, -0.1) is 0 Å². The molecule has 0 fully saturated rings. The molecule has 1 aromatic heterocycles. The Labute approximate surface area is 124 Å². The van der Waals surface area contributed by atoms with Crippen LogP contribution in [0.3, 0.4) is 0 Å². The third-order valence-electron chi connectivity index (χ3n) is 2.87. The second-order valence-electron chi connectivity index (χ2n) is 4.15. The molecule has 3 aromatic rings. The lowest BCUT2D eigenvalue weighted by atomic mass is 10.1. The van der Waals surface area contributed by atoms with E-state index in [9.17, 15) is 8.42 Å². The lowest BCUT2D eigenvalue weighted by Crippen LogP contribution is -2.12. The van der Waals surface area contributed by atoms with Gasteiger partial charge in [0.05, 0.1) is 16.5 Å². The molecule has 1 heterocycles. The van der Waals surface area contributed by atoms with Crippen molar-refractivity contribution >= 4 is 37.5 Å². The van der Waals surface area contributed by atoms with Crippen molar-refractivity contribution in [3.63, 3.8) is 0 Å². The quantitative estimate of drug-likeness (QED) is 0.800. The number of hydrogen-bond acceptors (Lipinski definition) is 6. The summed E-state index contributed by atoms with van der Waals surface area (Å²) in [7, 11) is -3.72. The molecule has 0 amide bonds. The van der Waals surface area contributed by atoms with Crippen molar-refractivity contribution in [2.45, 2.75) is 4.90 Å². The number of sulfonamides is 1. The Kier molecular flexibility index (Phi) is 3.29. The van der Waals surface area contributed by atoms with Gasteiger partial charge in [-0.25, -0.2) is 13.4 Å². The van der Waals surface area contributed by atoms with E-state index in [1.54, 1.807) is 24.3 Å². The van der Waals surface area contributed by atoms with Crippen molar-refractivity contribution in [2.24, 2.45) is 0 Å². The fraction of sp³-hybridized carbons (Fsp3) is 0. The summed E-state index contributed by atoms with van der Waals surface area (Å²) >= 11 is 0.960. The van der Waals surface area contributed by atoms with Gasteiger partial charge in [-0.3, -0.25) is 4.72 Å². The van der Waals surface area contributed by atoms with Crippen LogP contribution in [-0.2, 0) is 10.0 Å². The molecule has 0 saturated carbocycles. The van der Waals surface area contributed by atoms with Crippen molar-refractivity contribution in [1.82, 2.24) is 9.36 Å². The normalized spacial score (nSPS) is 11.2. The number of nitriles is 1. The highest BCUT2D eigenvalue weighted by Gasteiger charge is 2.16. The molecule has 21 heavy (non-hydrogen) atoms. The molecule has 0 aliphatic carbocycles. The Morgan fingerprint density at radius 2 is 2.10 bits per heavy atom. The van der Waals surface area contributed by atoms with Gasteiger partial charge < -0.3 is 0 Å². The zero-order valence-electron chi connectivity index (χ0n) is 10.5. The van der Waals surface area contributed by atoms with Crippen molar-refractivity contribution in [3.05, 3.63) is 48.3 Å². The minimum atomic E-state index is -3.72. The maximum Gasteiger partial charge on any atom is 0.263 e. The van der Waals surface area contributed by atoms with Gasteiger partial charge in [0.1, 0.15) is 6.33 Å². The SMILES string of the molecule is N#Cc1cccc2cc(S(=O)(=O)Nc3ncns3)ccc12. The number of hydrogen-bond donors (Lipinski definition) is 1. The fourth-order valence-electron chi connectivity index (χ4n) is 1.92. The van der Waals surface area contributed by atoms with E-state index in [4.69, 9.17) is 5.26 Å². The second kappa shape index (κ2) is 5.12. The molecule has 0 spiro atoms. The summed E-state index contributed by atoms with van der Waals surface area (Å²) in [6.07, 6.45) is 1.28. The highest BCUT2D eigenvalue weighted by molar-refractivity contribution is 7.93. The number of aromatic nitrogens is 2. The lowest BCUT2D eigenvalue weighted by Gasteiger charge is -2.06. The summed E-state index contributed by atoms with van der Waals surface area (Å²) in [5, 5.41) is 10.7. The van der Waals surface area contributed by atoms with E-state index < -0.39 is 10.0 Å². The Hall–Kier alpha value is -2.50. The van der Waals surface area contributed by atoms with Crippen molar-refractivity contribution in [3.8, 4) is 6.07 Å². The van der Waals surface area contributed by atoms with Gasteiger partial charge in [0, 0.05) is 11.5 Å². The van der Waals surface area contributed by atoms with Crippen LogP contribution in [0.15, 0.2) is 47.6 Å². The van der Waals surface area contributed by atoms with Gasteiger partial charge >= 0.3 is 0 Å². The molecule has 8 heteroatoms. The summed E-state index contributed by atoms with van der Waals surface area (Å²) in [4.78, 5) is 3.90. The summed E-state index contributed by atoms with van der Waals surface area (Å²) in [6.45, 7) is 0. The van der Waals surface area contributed by atoms with Crippen LogP contribution in [-0.4, -0.2) is 17.8 Å². The molecule has 0 unspecified atom stereocenters. The summed E-state index contributed by atoms with van der Waals surface area (Å²) in [6, 6.07) is 11.9. The predicted molar refractivity (Wildman–Crippen MR) is 79.4 cm³/mol. The Morgan fingerprint density at radius 3 is 2.81 bits per heavy atom. The zero-order valence-corrected chi connectivity index (χ0v) is 12.1. The van der Waals surface area contributed by atoms with Crippen LogP contribution in [0.1, 0.15) is 5.56 Å². The maximum absolute atomic E-state index is 12.3. The minimum Gasteiger partial charge on any atom is -0.253 e. The highest BCUT2D eigenvalue weighted by Crippen LogP contribution is 2.23. The van der Waals surface area contributed by atoms with E-state index in [2.05, 4.69) is 20.1 Å². The van der Waals surface area contributed by atoms with Gasteiger partial charge in [0.2, 0.25) is 5.13 Å². The summed E-state index contributed by atoms with van der Waals surface area (Å²) in [5.74, 6) is 0.